The Bertz CT molecular complexity index is 717. The summed E-state index contributed by atoms with van der Waals surface area (Å²) in [5.74, 6) is 0.0324. The fraction of sp³-hybridized carbons (Fsp3) is 0.0556. The lowest BCUT2D eigenvalue weighted by atomic mass is 9.85. The number of nitro benzene ring substituents is 1. The highest BCUT2D eigenvalue weighted by Gasteiger charge is 2.17. The Morgan fingerprint density at radius 1 is 0.773 bits per heavy atom. The number of nitro groups is 1. The molecule has 0 fully saturated rings. The van der Waals surface area contributed by atoms with Crippen LogP contribution in [-0.4, -0.2) is 9.91 Å². The lowest BCUT2D eigenvalue weighted by molar-refractivity contribution is -0.384. The van der Waals surface area contributed by atoms with Crippen molar-refractivity contribution in [3.05, 3.63) is 106 Å². The van der Waals surface area contributed by atoms with Crippen molar-refractivity contribution in [1.82, 2.24) is 4.98 Å². The SMILES string of the molecule is O=[N+]([O-])c1ccc(C(c2ccccc2)c2ccncc2)cc1. The van der Waals surface area contributed by atoms with Gasteiger partial charge in [0.1, 0.15) is 0 Å². The Hall–Kier alpha value is -3.01. The van der Waals surface area contributed by atoms with E-state index in [9.17, 15) is 10.1 Å². The van der Waals surface area contributed by atoms with Crippen LogP contribution in [0, 0.1) is 10.1 Å². The molecule has 0 radical (unpaired) electrons. The Labute approximate surface area is 128 Å². The first-order chi connectivity index (χ1) is 10.8. The second-order valence-corrected chi connectivity index (χ2v) is 4.97. The van der Waals surface area contributed by atoms with E-state index in [4.69, 9.17) is 0 Å². The van der Waals surface area contributed by atoms with Gasteiger partial charge in [0.05, 0.1) is 4.92 Å². The molecule has 0 aliphatic rings. The van der Waals surface area contributed by atoms with Crippen LogP contribution < -0.4 is 0 Å². The number of benzene rings is 2. The maximum Gasteiger partial charge on any atom is 0.269 e. The first kappa shape index (κ1) is 13.9. The van der Waals surface area contributed by atoms with Crippen LogP contribution >= 0.6 is 0 Å². The quantitative estimate of drug-likeness (QED) is 0.535. The predicted octanol–water partition coefficient (Wildman–Crippen LogP) is 4.17. The molecule has 1 aromatic heterocycles. The molecule has 0 spiro atoms. The van der Waals surface area contributed by atoms with Gasteiger partial charge < -0.3 is 0 Å². The third-order valence-electron chi connectivity index (χ3n) is 3.61. The van der Waals surface area contributed by atoms with Crippen molar-refractivity contribution in [2.75, 3.05) is 0 Å². The molecule has 0 saturated carbocycles. The summed E-state index contributed by atoms with van der Waals surface area (Å²) < 4.78 is 0. The summed E-state index contributed by atoms with van der Waals surface area (Å²) in [6, 6.07) is 20.8. The minimum absolute atomic E-state index is 0.0324. The number of hydrogen-bond acceptors (Lipinski definition) is 3. The highest BCUT2D eigenvalue weighted by molar-refractivity contribution is 5.45. The highest BCUT2D eigenvalue weighted by atomic mass is 16.6. The zero-order valence-electron chi connectivity index (χ0n) is 11.8. The first-order valence-electron chi connectivity index (χ1n) is 6.95. The molecule has 108 valence electrons. The summed E-state index contributed by atoms with van der Waals surface area (Å²) in [4.78, 5) is 14.5. The topological polar surface area (TPSA) is 56.0 Å². The molecule has 4 nitrogen and oxygen atoms in total. The largest absolute Gasteiger partial charge is 0.269 e. The van der Waals surface area contributed by atoms with E-state index in [1.807, 2.05) is 42.5 Å². The van der Waals surface area contributed by atoms with Crippen LogP contribution in [0.3, 0.4) is 0 Å². The molecule has 0 aliphatic heterocycles. The average molecular weight is 290 g/mol. The number of aromatic nitrogens is 1. The van der Waals surface area contributed by atoms with Crippen LogP contribution in [0.1, 0.15) is 22.6 Å². The molecular formula is C18H14N2O2. The van der Waals surface area contributed by atoms with Gasteiger partial charge in [-0.3, -0.25) is 15.1 Å². The van der Waals surface area contributed by atoms with E-state index in [1.54, 1.807) is 24.5 Å². The Balaban J connectivity index is 2.08. The fourth-order valence-electron chi connectivity index (χ4n) is 2.57. The van der Waals surface area contributed by atoms with Crippen LogP contribution in [0.4, 0.5) is 5.69 Å². The number of non-ortho nitro benzene ring substituents is 1. The van der Waals surface area contributed by atoms with Crippen LogP contribution in [-0.2, 0) is 0 Å². The zero-order chi connectivity index (χ0) is 15.4. The van der Waals surface area contributed by atoms with E-state index in [-0.39, 0.29) is 16.5 Å². The zero-order valence-corrected chi connectivity index (χ0v) is 11.8. The third kappa shape index (κ3) is 2.86. The summed E-state index contributed by atoms with van der Waals surface area (Å²) in [5, 5.41) is 10.8. The van der Waals surface area contributed by atoms with E-state index < -0.39 is 0 Å². The van der Waals surface area contributed by atoms with Gasteiger partial charge in [-0.05, 0) is 28.8 Å². The van der Waals surface area contributed by atoms with E-state index in [1.165, 1.54) is 0 Å². The minimum Gasteiger partial charge on any atom is -0.265 e. The summed E-state index contributed by atoms with van der Waals surface area (Å²) in [6.07, 6.45) is 3.52. The maximum atomic E-state index is 10.8. The first-order valence-corrected chi connectivity index (χ1v) is 6.95. The molecule has 1 atom stereocenters. The van der Waals surface area contributed by atoms with Crippen molar-refractivity contribution in [2.24, 2.45) is 0 Å². The lowest BCUT2D eigenvalue weighted by Gasteiger charge is -2.18. The average Bonchev–Trinajstić information content (AvgIpc) is 2.57. The standard InChI is InChI=1S/C18H14N2O2/c21-20(22)17-8-6-15(7-9-17)18(14-4-2-1-3-5-14)16-10-12-19-13-11-16/h1-13,18H. The smallest absolute Gasteiger partial charge is 0.265 e. The molecule has 4 heteroatoms. The molecule has 0 N–H and O–H groups in total. The van der Waals surface area contributed by atoms with Crippen LogP contribution in [0.25, 0.3) is 0 Å². The van der Waals surface area contributed by atoms with Crippen LogP contribution in [0.15, 0.2) is 79.1 Å². The number of nitrogens with zero attached hydrogens (tertiary/aromatic N) is 2. The van der Waals surface area contributed by atoms with Crippen LogP contribution in [0.5, 0.6) is 0 Å². The second-order valence-electron chi connectivity index (χ2n) is 4.97. The van der Waals surface area contributed by atoms with E-state index in [2.05, 4.69) is 17.1 Å². The fourth-order valence-corrected chi connectivity index (χ4v) is 2.57. The van der Waals surface area contributed by atoms with Gasteiger partial charge in [-0.2, -0.15) is 0 Å². The predicted molar refractivity (Wildman–Crippen MR) is 84.7 cm³/mol. The molecule has 0 saturated heterocycles. The van der Waals surface area contributed by atoms with Gasteiger partial charge in [-0.1, -0.05) is 42.5 Å². The van der Waals surface area contributed by atoms with Gasteiger partial charge in [0, 0.05) is 30.4 Å². The van der Waals surface area contributed by atoms with E-state index >= 15 is 0 Å². The maximum absolute atomic E-state index is 10.8. The van der Waals surface area contributed by atoms with Crippen molar-refractivity contribution in [3.8, 4) is 0 Å². The van der Waals surface area contributed by atoms with E-state index in [0.29, 0.717) is 0 Å². The summed E-state index contributed by atoms with van der Waals surface area (Å²) in [5.41, 5.74) is 3.37. The van der Waals surface area contributed by atoms with E-state index in [0.717, 1.165) is 16.7 Å². The van der Waals surface area contributed by atoms with Crippen molar-refractivity contribution < 1.29 is 4.92 Å². The summed E-state index contributed by atoms with van der Waals surface area (Å²) >= 11 is 0. The van der Waals surface area contributed by atoms with Gasteiger partial charge in [-0.15, -0.1) is 0 Å². The van der Waals surface area contributed by atoms with Crippen LogP contribution in [0.2, 0.25) is 0 Å². The molecule has 2 aromatic carbocycles. The monoisotopic (exact) mass is 290 g/mol. The Morgan fingerprint density at radius 2 is 1.32 bits per heavy atom. The highest BCUT2D eigenvalue weighted by Crippen LogP contribution is 2.32. The van der Waals surface area contributed by atoms with Gasteiger partial charge in [0.15, 0.2) is 0 Å². The molecule has 0 amide bonds. The van der Waals surface area contributed by atoms with Gasteiger partial charge in [0.25, 0.3) is 5.69 Å². The Morgan fingerprint density at radius 3 is 1.91 bits per heavy atom. The molecule has 1 heterocycles. The summed E-state index contributed by atoms with van der Waals surface area (Å²) in [7, 11) is 0. The molecule has 22 heavy (non-hydrogen) atoms. The van der Waals surface area contributed by atoms with Crippen molar-refractivity contribution in [2.45, 2.75) is 5.92 Å². The number of rotatable bonds is 4. The molecule has 3 aromatic rings. The Kier molecular flexibility index (Phi) is 3.92. The summed E-state index contributed by atoms with van der Waals surface area (Å²) in [6.45, 7) is 0. The van der Waals surface area contributed by atoms with Crippen molar-refractivity contribution in [1.29, 1.82) is 0 Å². The second kappa shape index (κ2) is 6.18. The number of pyridine rings is 1. The van der Waals surface area contributed by atoms with Gasteiger partial charge in [-0.25, -0.2) is 0 Å². The van der Waals surface area contributed by atoms with Crippen molar-refractivity contribution >= 4 is 5.69 Å². The van der Waals surface area contributed by atoms with Gasteiger partial charge >= 0.3 is 0 Å². The molecule has 3 rings (SSSR count). The lowest BCUT2D eigenvalue weighted by Crippen LogP contribution is -2.03. The normalized spacial score (nSPS) is 11.8. The minimum atomic E-state index is -0.381. The molecule has 0 aliphatic carbocycles. The van der Waals surface area contributed by atoms with Crippen molar-refractivity contribution in [3.63, 3.8) is 0 Å². The van der Waals surface area contributed by atoms with Gasteiger partial charge in [0.2, 0.25) is 0 Å². The third-order valence-corrected chi connectivity index (χ3v) is 3.61. The molecule has 0 bridgehead atoms. The molecular weight excluding hydrogens is 276 g/mol. The molecule has 1 unspecified atom stereocenters. The number of hydrogen-bond donors (Lipinski definition) is 0.